The highest BCUT2D eigenvalue weighted by Gasteiger charge is 2.28. The molecular weight excluding hydrogens is 226 g/mol. The van der Waals surface area contributed by atoms with Gasteiger partial charge in [-0.05, 0) is 25.8 Å². The number of furan rings is 1. The summed E-state index contributed by atoms with van der Waals surface area (Å²) in [5, 5.41) is 2.99. The van der Waals surface area contributed by atoms with Crippen molar-refractivity contribution in [2.24, 2.45) is 0 Å². The average Bonchev–Trinajstić information content (AvgIpc) is 2.72. The highest BCUT2D eigenvalue weighted by molar-refractivity contribution is 6.19. The first-order valence-electron chi connectivity index (χ1n) is 5.51. The summed E-state index contributed by atoms with van der Waals surface area (Å²) in [5.41, 5.74) is 0.263. The van der Waals surface area contributed by atoms with Gasteiger partial charge in [0, 0.05) is 5.88 Å². The lowest BCUT2D eigenvalue weighted by molar-refractivity contribution is 0.0901. The smallest absolute Gasteiger partial charge is 0.255 e. The van der Waals surface area contributed by atoms with Gasteiger partial charge in [0.05, 0.1) is 17.4 Å². The molecule has 0 saturated heterocycles. The van der Waals surface area contributed by atoms with Crippen LogP contribution in [-0.4, -0.2) is 17.3 Å². The fourth-order valence-corrected chi connectivity index (χ4v) is 2.02. The summed E-state index contributed by atoms with van der Waals surface area (Å²) < 4.78 is 5.11. The van der Waals surface area contributed by atoms with Crippen LogP contribution in [0.15, 0.2) is 16.7 Å². The summed E-state index contributed by atoms with van der Waals surface area (Å²) in [6.07, 6.45) is 3.15. The predicted molar refractivity (Wildman–Crippen MR) is 64.9 cm³/mol. The highest BCUT2D eigenvalue weighted by Crippen LogP contribution is 2.19. The molecule has 16 heavy (non-hydrogen) atoms. The zero-order valence-corrected chi connectivity index (χ0v) is 10.7. The minimum atomic E-state index is -0.317. The number of aryl methyl sites for hydroxylation is 1. The molecule has 0 atom stereocenters. The molecule has 0 radical (unpaired) electrons. The molecular formula is C12H18ClNO2. The standard InChI is InChI=1S/C12H18ClNO2/c1-4-12(5-2,8-13)14-11(15)10-6-7-16-9(10)3/h6-7H,4-5,8H2,1-3H3,(H,14,15). The third-order valence-electron chi connectivity index (χ3n) is 3.09. The normalized spacial score (nSPS) is 11.5. The maximum Gasteiger partial charge on any atom is 0.255 e. The first kappa shape index (κ1) is 13.1. The van der Waals surface area contributed by atoms with E-state index in [1.807, 2.05) is 13.8 Å². The van der Waals surface area contributed by atoms with Crippen molar-refractivity contribution in [2.75, 3.05) is 5.88 Å². The zero-order chi connectivity index (χ0) is 12.2. The van der Waals surface area contributed by atoms with Crippen molar-refractivity contribution >= 4 is 17.5 Å². The zero-order valence-electron chi connectivity index (χ0n) is 9.97. The van der Waals surface area contributed by atoms with Gasteiger partial charge in [0.1, 0.15) is 5.76 Å². The molecule has 1 aromatic heterocycles. The van der Waals surface area contributed by atoms with Crippen LogP contribution in [0.1, 0.15) is 42.8 Å². The van der Waals surface area contributed by atoms with Crippen LogP contribution in [0.2, 0.25) is 0 Å². The third kappa shape index (κ3) is 2.59. The SMILES string of the molecule is CCC(CC)(CCl)NC(=O)c1ccoc1C. The molecule has 3 nitrogen and oxygen atoms in total. The van der Waals surface area contributed by atoms with Gasteiger partial charge in [-0.2, -0.15) is 0 Å². The molecule has 90 valence electrons. The summed E-state index contributed by atoms with van der Waals surface area (Å²) in [6, 6.07) is 1.68. The first-order chi connectivity index (χ1) is 7.58. The Morgan fingerprint density at radius 2 is 2.12 bits per heavy atom. The molecule has 1 amide bonds. The molecule has 0 aromatic carbocycles. The van der Waals surface area contributed by atoms with Crippen LogP contribution in [0.25, 0.3) is 0 Å². The number of hydrogen-bond acceptors (Lipinski definition) is 2. The largest absolute Gasteiger partial charge is 0.469 e. The maximum atomic E-state index is 12.0. The molecule has 4 heteroatoms. The predicted octanol–water partition coefficient (Wildman–Crippen LogP) is 3.12. The summed E-state index contributed by atoms with van der Waals surface area (Å²) >= 11 is 5.93. The number of carbonyl (C=O) groups is 1. The van der Waals surface area contributed by atoms with E-state index in [-0.39, 0.29) is 11.4 Å². The van der Waals surface area contributed by atoms with E-state index < -0.39 is 0 Å². The van der Waals surface area contributed by atoms with Gasteiger partial charge in [-0.3, -0.25) is 4.79 Å². The minimum Gasteiger partial charge on any atom is -0.469 e. The quantitative estimate of drug-likeness (QED) is 0.808. The minimum absolute atomic E-state index is 0.115. The lowest BCUT2D eigenvalue weighted by atomic mass is 9.95. The van der Waals surface area contributed by atoms with Crippen molar-refractivity contribution in [2.45, 2.75) is 39.2 Å². The molecule has 1 N–H and O–H groups in total. The Labute approximate surface area is 101 Å². The van der Waals surface area contributed by atoms with Crippen molar-refractivity contribution in [1.29, 1.82) is 0 Å². The van der Waals surface area contributed by atoms with Crippen molar-refractivity contribution < 1.29 is 9.21 Å². The van der Waals surface area contributed by atoms with E-state index in [9.17, 15) is 4.79 Å². The molecule has 0 unspecified atom stereocenters. The highest BCUT2D eigenvalue weighted by atomic mass is 35.5. The number of hydrogen-bond donors (Lipinski definition) is 1. The van der Waals surface area contributed by atoms with E-state index in [4.69, 9.17) is 16.0 Å². The van der Waals surface area contributed by atoms with Gasteiger partial charge in [-0.25, -0.2) is 0 Å². The number of amides is 1. The third-order valence-corrected chi connectivity index (χ3v) is 3.60. The van der Waals surface area contributed by atoms with E-state index in [2.05, 4.69) is 5.32 Å². The second kappa shape index (κ2) is 5.39. The average molecular weight is 244 g/mol. The van der Waals surface area contributed by atoms with Gasteiger partial charge in [-0.1, -0.05) is 13.8 Å². The number of halogens is 1. The lowest BCUT2D eigenvalue weighted by Crippen LogP contribution is -2.49. The fourth-order valence-electron chi connectivity index (χ4n) is 1.58. The monoisotopic (exact) mass is 243 g/mol. The Morgan fingerprint density at radius 3 is 2.50 bits per heavy atom. The van der Waals surface area contributed by atoms with Crippen LogP contribution < -0.4 is 5.32 Å². The first-order valence-corrected chi connectivity index (χ1v) is 6.04. The van der Waals surface area contributed by atoms with E-state index >= 15 is 0 Å². The van der Waals surface area contributed by atoms with Crippen LogP contribution in [0.3, 0.4) is 0 Å². The Kier molecular flexibility index (Phi) is 4.42. The van der Waals surface area contributed by atoms with Crippen LogP contribution in [0, 0.1) is 6.92 Å². The molecule has 0 aliphatic carbocycles. The lowest BCUT2D eigenvalue weighted by Gasteiger charge is -2.30. The summed E-state index contributed by atoms with van der Waals surface area (Å²) in [7, 11) is 0. The molecule has 1 rings (SSSR count). The molecule has 1 aromatic rings. The van der Waals surface area contributed by atoms with Crippen molar-refractivity contribution in [3.8, 4) is 0 Å². The molecule has 0 saturated carbocycles. The molecule has 0 aliphatic rings. The number of nitrogens with one attached hydrogen (secondary N) is 1. The van der Waals surface area contributed by atoms with Gasteiger partial charge in [0.2, 0.25) is 0 Å². The summed E-state index contributed by atoms with van der Waals surface area (Å²) in [6.45, 7) is 5.82. The van der Waals surface area contributed by atoms with Crippen molar-refractivity contribution in [1.82, 2.24) is 5.32 Å². The van der Waals surface area contributed by atoms with Crippen LogP contribution >= 0.6 is 11.6 Å². The number of rotatable bonds is 5. The van der Waals surface area contributed by atoms with Gasteiger partial charge in [0.25, 0.3) is 5.91 Å². The van der Waals surface area contributed by atoms with Crippen LogP contribution in [-0.2, 0) is 0 Å². The summed E-state index contributed by atoms with van der Waals surface area (Å²) in [4.78, 5) is 12.0. The second-order valence-corrected chi connectivity index (χ2v) is 4.23. The Bertz CT molecular complexity index is 347. The van der Waals surface area contributed by atoms with Crippen molar-refractivity contribution in [3.63, 3.8) is 0 Å². The Hall–Kier alpha value is -0.960. The van der Waals surface area contributed by atoms with E-state index in [0.717, 1.165) is 12.8 Å². The number of carbonyl (C=O) groups excluding carboxylic acids is 1. The second-order valence-electron chi connectivity index (χ2n) is 3.97. The fraction of sp³-hybridized carbons (Fsp3) is 0.583. The Morgan fingerprint density at radius 1 is 1.50 bits per heavy atom. The molecule has 0 spiro atoms. The van der Waals surface area contributed by atoms with Crippen LogP contribution in [0.5, 0.6) is 0 Å². The van der Waals surface area contributed by atoms with Gasteiger partial charge in [-0.15, -0.1) is 11.6 Å². The number of alkyl halides is 1. The van der Waals surface area contributed by atoms with E-state index in [0.29, 0.717) is 17.2 Å². The van der Waals surface area contributed by atoms with E-state index in [1.54, 1.807) is 13.0 Å². The van der Waals surface area contributed by atoms with E-state index in [1.165, 1.54) is 6.26 Å². The molecule has 0 bridgehead atoms. The topological polar surface area (TPSA) is 42.2 Å². The van der Waals surface area contributed by atoms with Crippen LogP contribution in [0.4, 0.5) is 0 Å². The molecule has 0 aliphatic heterocycles. The van der Waals surface area contributed by atoms with Gasteiger partial charge in [0.15, 0.2) is 0 Å². The maximum absolute atomic E-state index is 12.0. The molecule has 0 fully saturated rings. The summed E-state index contributed by atoms with van der Waals surface area (Å²) in [5.74, 6) is 0.937. The van der Waals surface area contributed by atoms with Gasteiger partial charge >= 0.3 is 0 Å². The molecule has 1 heterocycles. The van der Waals surface area contributed by atoms with Crippen molar-refractivity contribution in [3.05, 3.63) is 23.7 Å². The Balaban J connectivity index is 2.81. The van der Waals surface area contributed by atoms with Gasteiger partial charge < -0.3 is 9.73 Å².